The van der Waals surface area contributed by atoms with E-state index in [0.717, 1.165) is 34.1 Å². The van der Waals surface area contributed by atoms with Crippen molar-refractivity contribution in [1.29, 1.82) is 0 Å². The highest BCUT2D eigenvalue weighted by atomic mass is 79.9. The molecule has 3 N–H and O–H groups in total. The van der Waals surface area contributed by atoms with E-state index < -0.39 is 0 Å². The SMILES string of the molecule is CC1CCN(CC(=O)Nc2ccc(Br)cc2Br)CC1CN. The Hall–Kier alpha value is -0.430. The van der Waals surface area contributed by atoms with Crippen molar-refractivity contribution in [3.8, 4) is 0 Å². The van der Waals surface area contributed by atoms with Gasteiger partial charge in [0.05, 0.1) is 12.2 Å². The number of piperidine rings is 1. The Morgan fingerprint density at radius 2 is 2.24 bits per heavy atom. The molecule has 2 atom stereocenters. The molecule has 4 nitrogen and oxygen atoms in total. The van der Waals surface area contributed by atoms with E-state index in [0.29, 0.717) is 24.9 Å². The molecule has 0 saturated carbocycles. The van der Waals surface area contributed by atoms with Crippen LogP contribution in [0.5, 0.6) is 0 Å². The van der Waals surface area contributed by atoms with Gasteiger partial charge in [-0.3, -0.25) is 9.69 Å². The maximum atomic E-state index is 12.2. The van der Waals surface area contributed by atoms with Crippen molar-refractivity contribution in [1.82, 2.24) is 4.90 Å². The second kappa shape index (κ2) is 7.72. The van der Waals surface area contributed by atoms with Crippen molar-refractivity contribution in [3.63, 3.8) is 0 Å². The average Bonchev–Trinajstić information content (AvgIpc) is 2.44. The standard InChI is InChI=1S/C15H21Br2N3O/c1-10-4-5-20(8-11(10)7-18)9-15(21)19-14-3-2-12(16)6-13(14)17/h2-3,6,10-11H,4-5,7-9,18H2,1H3,(H,19,21). The van der Waals surface area contributed by atoms with Crippen LogP contribution < -0.4 is 11.1 Å². The van der Waals surface area contributed by atoms with E-state index in [1.165, 1.54) is 0 Å². The van der Waals surface area contributed by atoms with Gasteiger partial charge in [-0.05, 0) is 65.5 Å². The zero-order valence-corrected chi connectivity index (χ0v) is 15.3. The highest BCUT2D eigenvalue weighted by Gasteiger charge is 2.26. The Balaban J connectivity index is 1.90. The molecule has 2 unspecified atom stereocenters. The molecule has 1 heterocycles. The Kier molecular flexibility index (Phi) is 6.22. The fourth-order valence-electron chi connectivity index (χ4n) is 2.66. The summed E-state index contributed by atoms with van der Waals surface area (Å²) in [5.74, 6) is 1.16. The quantitative estimate of drug-likeness (QED) is 0.789. The summed E-state index contributed by atoms with van der Waals surface area (Å²) >= 11 is 6.85. The number of nitrogens with one attached hydrogen (secondary N) is 1. The van der Waals surface area contributed by atoms with Gasteiger partial charge in [-0.25, -0.2) is 0 Å². The smallest absolute Gasteiger partial charge is 0.238 e. The predicted molar refractivity (Wildman–Crippen MR) is 93.2 cm³/mol. The van der Waals surface area contributed by atoms with Crippen LogP contribution in [0.2, 0.25) is 0 Å². The summed E-state index contributed by atoms with van der Waals surface area (Å²) in [5.41, 5.74) is 6.60. The molecule has 116 valence electrons. The number of benzene rings is 1. The third-order valence-corrected chi connectivity index (χ3v) is 5.22. The molecule has 1 saturated heterocycles. The number of carbonyl (C=O) groups excluding carboxylic acids is 1. The number of hydrogen-bond acceptors (Lipinski definition) is 3. The predicted octanol–water partition coefficient (Wildman–Crippen LogP) is 3.07. The monoisotopic (exact) mass is 417 g/mol. The largest absolute Gasteiger partial charge is 0.330 e. The number of nitrogens with two attached hydrogens (primary N) is 1. The zero-order valence-electron chi connectivity index (χ0n) is 12.1. The highest BCUT2D eigenvalue weighted by molar-refractivity contribution is 9.11. The normalized spacial score (nSPS) is 23.0. The van der Waals surface area contributed by atoms with Crippen LogP contribution in [0.4, 0.5) is 5.69 Å². The maximum Gasteiger partial charge on any atom is 0.238 e. The van der Waals surface area contributed by atoms with Crippen LogP contribution in [-0.2, 0) is 4.79 Å². The molecule has 0 spiro atoms. The van der Waals surface area contributed by atoms with Gasteiger partial charge < -0.3 is 11.1 Å². The number of rotatable bonds is 4. The first kappa shape index (κ1) is 16.9. The minimum absolute atomic E-state index is 0.0170. The molecule has 0 aliphatic carbocycles. The lowest BCUT2D eigenvalue weighted by atomic mass is 9.87. The number of nitrogens with zero attached hydrogens (tertiary/aromatic N) is 1. The van der Waals surface area contributed by atoms with Crippen LogP contribution in [-0.4, -0.2) is 37.0 Å². The van der Waals surface area contributed by atoms with E-state index in [2.05, 4.69) is 49.0 Å². The van der Waals surface area contributed by atoms with E-state index in [4.69, 9.17) is 5.73 Å². The third kappa shape index (κ3) is 4.77. The second-order valence-corrected chi connectivity index (χ2v) is 7.44. The van der Waals surface area contributed by atoms with Crippen molar-refractivity contribution < 1.29 is 4.79 Å². The molecule has 1 aromatic carbocycles. The molecule has 2 rings (SSSR count). The molecule has 21 heavy (non-hydrogen) atoms. The number of halogens is 2. The van der Waals surface area contributed by atoms with Crippen molar-refractivity contribution >= 4 is 43.5 Å². The Morgan fingerprint density at radius 3 is 2.90 bits per heavy atom. The fraction of sp³-hybridized carbons (Fsp3) is 0.533. The Bertz CT molecular complexity index is 510. The van der Waals surface area contributed by atoms with Crippen LogP contribution in [0, 0.1) is 11.8 Å². The third-order valence-electron chi connectivity index (χ3n) is 4.07. The van der Waals surface area contributed by atoms with E-state index in [1.54, 1.807) is 0 Å². The topological polar surface area (TPSA) is 58.4 Å². The van der Waals surface area contributed by atoms with E-state index in [9.17, 15) is 4.79 Å². The van der Waals surface area contributed by atoms with Crippen LogP contribution in [0.15, 0.2) is 27.1 Å². The minimum atomic E-state index is 0.0170. The molecular weight excluding hydrogens is 398 g/mol. The summed E-state index contributed by atoms with van der Waals surface area (Å²) in [4.78, 5) is 14.4. The van der Waals surface area contributed by atoms with Crippen molar-refractivity contribution in [2.75, 3.05) is 31.5 Å². The van der Waals surface area contributed by atoms with Crippen molar-refractivity contribution in [3.05, 3.63) is 27.1 Å². The number of amides is 1. The molecule has 1 fully saturated rings. The molecule has 0 radical (unpaired) electrons. The molecule has 0 aromatic heterocycles. The van der Waals surface area contributed by atoms with Crippen LogP contribution in [0.25, 0.3) is 0 Å². The molecule has 1 aliphatic rings. The number of carbonyl (C=O) groups is 1. The molecular formula is C15H21Br2N3O. The Morgan fingerprint density at radius 1 is 1.48 bits per heavy atom. The van der Waals surface area contributed by atoms with E-state index >= 15 is 0 Å². The van der Waals surface area contributed by atoms with Crippen LogP contribution >= 0.6 is 31.9 Å². The lowest BCUT2D eigenvalue weighted by molar-refractivity contribution is -0.117. The minimum Gasteiger partial charge on any atom is -0.330 e. The second-order valence-electron chi connectivity index (χ2n) is 5.67. The van der Waals surface area contributed by atoms with Gasteiger partial charge in [-0.1, -0.05) is 22.9 Å². The Labute approximate surface area is 142 Å². The highest BCUT2D eigenvalue weighted by Crippen LogP contribution is 2.26. The number of hydrogen-bond donors (Lipinski definition) is 2. The van der Waals surface area contributed by atoms with Crippen LogP contribution in [0.1, 0.15) is 13.3 Å². The van der Waals surface area contributed by atoms with E-state index in [-0.39, 0.29) is 5.91 Å². The maximum absolute atomic E-state index is 12.2. The van der Waals surface area contributed by atoms with Crippen molar-refractivity contribution in [2.24, 2.45) is 17.6 Å². The van der Waals surface area contributed by atoms with Crippen LogP contribution in [0.3, 0.4) is 0 Å². The molecule has 1 aromatic rings. The van der Waals surface area contributed by atoms with Gasteiger partial charge in [0.2, 0.25) is 5.91 Å². The van der Waals surface area contributed by atoms with Gasteiger partial charge in [0.1, 0.15) is 0 Å². The summed E-state index contributed by atoms with van der Waals surface area (Å²) < 4.78 is 1.85. The number of anilines is 1. The molecule has 1 amide bonds. The summed E-state index contributed by atoms with van der Waals surface area (Å²) in [6, 6.07) is 5.71. The summed E-state index contributed by atoms with van der Waals surface area (Å²) in [6.45, 7) is 5.23. The lowest BCUT2D eigenvalue weighted by Crippen LogP contribution is -2.45. The first-order valence-corrected chi connectivity index (χ1v) is 8.75. The van der Waals surface area contributed by atoms with E-state index in [1.807, 2.05) is 18.2 Å². The first-order valence-electron chi connectivity index (χ1n) is 7.17. The molecule has 0 bridgehead atoms. The van der Waals surface area contributed by atoms with Gasteiger partial charge in [-0.2, -0.15) is 0 Å². The number of likely N-dealkylation sites (tertiary alicyclic amines) is 1. The summed E-state index contributed by atoms with van der Waals surface area (Å²) in [7, 11) is 0. The molecule has 1 aliphatic heterocycles. The van der Waals surface area contributed by atoms with Gasteiger partial charge in [0.25, 0.3) is 0 Å². The van der Waals surface area contributed by atoms with Gasteiger partial charge in [0.15, 0.2) is 0 Å². The average molecular weight is 419 g/mol. The van der Waals surface area contributed by atoms with Gasteiger partial charge >= 0.3 is 0 Å². The summed E-state index contributed by atoms with van der Waals surface area (Å²) in [5, 5.41) is 2.95. The fourth-order valence-corrected chi connectivity index (χ4v) is 3.81. The van der Waals surface area contributed by atoms with Gasteiger partial charge in [-0.15, -0.1) is 0 Å². The molecule has 6 heteroatoms. The first-order chi connectivity index (χ1) is 9.99. The summed E-state index contributed by atoms with van der Waals surface area (Å²) in [6.07, 6.45) is 1.11. The van der Waals surface area contributed by atoms with Crippen molar-refractivity contribution in [2.45, 2.75) is 13.3 Å². The lowest BCUT2D eigenvalue weighted by Gasteiger charge is -2.36. The zero-order chi connectivity index (χ0) is 15.4. The van der Waals surface area contributed by atoms with Gasteiger partial charge in [0, 0.05) is 15.5 Å².